The number of nitrogens with zero attached hydrogens (tertiary/aromatic N) is 3. The molecule has 180 valence electrons. The van der Waals surface area contributed by atoms with Crippen LogP contribution in [0, 0.1) is 6.92 Å². The summed E-state index contributed by atoms with van der Waals surface area (Å²) in [5.74, 6) is 0.680. The minimum absolute atomic E-state index is 0.261. The zero-order valence-corrected chi connectivity index (χ0v) is 19.9. The van der Waals surface area contributed by atoms with E-state index in [1.165, 1.54) is 0 Å². The summed E-state index contributed by atoms with van der Waals surface area (Å²) in [6.45, 7) is 1.84. The minimum Gasteiger partial charge on any atom is -0.497 e. The van der Waals surface area contributed by atoms with Crippen molar-refractivity contribution < 1.29 is 18.7 Å². The van der Waals surface area contributed by atoms with Gasteiger partial charge in [-0.15, -0.1) is 0 Å². The van der Waals surface area contributed by atoms with Crippen molar-refractivity contribution in [2.45, 2.75) is 6.92 Å². The highest BCUT2D eigenvalue weighted by atomic mass is 16.5. The molecule has 36 heavy (non-hydrogen) atoms. The molecule has 5 rings (SSSR count). The number of ether oxygens (including phenoxy) is 1. The van der Waals surface area contributed by atoms with Gasteiger partial charge in [-0.3, -0.25) is 14.3 Å². The Morgan fingerprint density at radius 1 is 0.944 bits per heavy atom. The molecule has 0 aliphatic rings. The van der Waals surface area contributed by atoms with E-state index >= 15 is 0 Å². The van der Waals surface area contributed by atoms with Gasteiger partial charge in [0.15, 0.2) is 11.4 Å². The first-order valence-electron chi connectivity index (χ1n) is 11.2. The molecule has 2 amide bonds. The van der Waals surface area contributed by atoms with Crippen LogP contribution in [0.15, 0.2) is 77.4 Å². The summed E-state index contributed by atoms with van der Waals surface area (Å²) in [6, 6.07) is 19.0. The first kappa shape index (κ1) is 22.9. The van der Waals surface area contributed by atoms with Crippen LogP contribution in [0.1, 0.15) is 26.4 Å². The second-order valence-corrected chi connectivity index (χ2v) is 8.15. The van der Waals surface area contributed by atoms with E-state index in [0.29, 0.717) is 56.4 Å². The number of rotatable bonds is 6. The molecule has 0 aliphatic carbocycles. The Bertz CT molecular complexity index is 1550. The predicted octanol–water partition coefficient (Wildman–Crippen LogP) is 5.05. The number of benzene rings is 2. The van der Waals surface area contributed by atoms with E-state index in [4.69, 9.17) is 9.15 Å². The molecule has 3 aromatic heterocycles. The lowest BCUT2D eigenvalue weighted by Gasteiger charge is -2.10. The largest absolute Gasteiger partial charge is 0.497 e. The number of aromatic nitrogens is 3. The molecule has 5 aromatic rings. The van der Waals surface area contributed by atoms with Gasteiger partial charge in [-0.2, -0.15) is 5.10 Å². The highest BCUT2D eigenvalue weighted by molar-refractivity contribution is 6.13. The summed E-state index contributed by atoms with van der Waals surface area (Å²) >= 11 is 0. The van der Waals surface area contributed by atoms with E-state index < -0.39 is 0 Å². The zero-order chi connectivity index (χ0) is 25.2. The highest BCUT2D eigenvalue weighted by Gasteiger charge is 2.20. The number of aryl methyl sites for hydroxylation is 2. The Balaban J connectivity index is 1.37. The van der Waals surface area contributed by atoms with Gasteiger partial charge >= 0.3 is 0 Å². The smallest absolute Gasteiger partial charge is 0.256 e. The Morgan fingerprint density at radius 3 is 2.25 bits per heavy atom. The summed E-state index contributed by atoms with van der Waals surface area (Å²) in [5, 5.41) is 10.8. The van der Waals surface area contributed by atoms with Crippen LogP contribution >= 0.6 is 0 Å². The molecule has 0 spiro atoms. The van der Waals surface area contributed by atoms with Gasteiger partial charge in [0.2, 0.25) is 0 Å². The van der Waals surface area contributed by atoms with Crippen molar-refractivity contribution >= 4 is 34.2 Å². The van der Waals surface area contributed by atoms with Crippen molar-refractivity contribution in [2.24, 2.45) is 7.05 Å². The van der Waals surface area contributed by atoms with Gasteiger partial charge in [0.05, 0.1) is 30.0 Å². The molecule has 0 aliphatic heterocycles. The topological polar surface area (TPSA) is 111 Å². The normalized spacial score (nSPS) is 10.9. The molecular formula is C27H23N5O4. The van der Waals surface area contributed by atoms with Crippen LogP contribution in [0.4, 0.5) is 11.4 Å². The van der Waals surface area contributed by atoms with Crippen molar-refractivity contribution in [3.63, 3.8) is 0 Å². The predicted molar refractivity (Wildman–Crippen MR) is 136 cm³/mol. The fourth-order valence-electron chi connectivity index (χ4n) is 3.96. The third-order valence-electron chi connectivity index (χ3n) is 5.74. The van der Waals surface area contributed by atoms with E-state index in [1.807, 2.05) is 6.92 Å². The Morgan fingerprint density at radius 2 is 1.61 bits per heavy atom. The summed E-state index contributed by atoms with van der Waals surface area (Å²) in [6.07, 6.45) is 1.56. The number of hydrogen-bond donors (Lipinski definition) is 2. The number of hydrogen-bond acceptors (Lipinski definition) is 6. The molecule has 2 aromatic carbocycles. The molecule has 0 saturated carbocycles. The second-order valence-electron chi connectivity index (χ2n) is 8.15. The van der Waals surface area contributed by atoms with Gasteiger partial charge < -0.3 is 19.8 Å². The van der Waals surface area contributed by atoms with E-state index in [0.717, 1.165) is 0 Å². The molecule has 0 saturated heterocycles. The van der Waals surface area contributed by atoms with Crippen LogP contribution in [-0.4, -0.2) is 33.7 Å². The lowest BCUT2D eigenvalue weighted by molar-refractivity contribution is 0.102. The van der Waals surface area contributed by atoms with Crippen LogP contribution in [-0.2, 0) is 7.05 Å². The van der Waals surface area contributed by atoms with Crippen molar-refractivity contribution in [1.82, 2.24) is 14.8 Å². The van der Waals surface area contributed by atoms with Gasteiger partial charge in [-0.05, 0) is 73.7 Å². The average molecular weight is 482 g/mol. The van der Waals surface area contributed by atoms with E-state index in [9.17, 15) is 9.59 Å². The van der Waals surface area contributed by atoms with Crippen LogP contribution in [0.5, 0.6) is 5.75 Å². The van der Waals surface area contributed by atoms with Crippen LogP contribution in [0.3, 0.4) is 0 Å². The Kier molecular flexibility index (Phi) is 5.95. The summed E-state index contributed by atoms with van der Waals surface area (Å²) in [4.78, 5) is 30.6. The number of furan rings is 1. The molecule has 0 unspecified atom stereocenters. The first-order valence-corrected chi connectivity index (χ1v) is 11.2. The van der Waals surface area contributed by atoms with Crippen LogP contribution < -0.4 is 15.4 Å². The van der Waals surface area contributed by atoms with Crippen LogP contribution in [0.2, 0.25) is 0 Å². The van der Waals surface area contributed by atoms with E-state index in [-0.39, 0.29) is 11.8 Å². The van der Waals surface area contributed by atoms with Gasteiger partial charge in [0, 0.05) is 24.0 Å². The van der Waals surface area contributed by atoms with E-state index in [2.05, 4.69) is 20.7 Å². The maximum absolute atomic E-state index is 13.3. The molecule has 9 nitrogen and oxygen atoms in total. The molecule has 0 fully saturated rings. The number of carbonyl (C=O) groups excluding carboxylic acids is 2. The third-order valence-corrected chi connectivity index (χ3v) is 5.74. The average Bonchev–Trinajstić information content (AvgIpc) is 3.53. The second kappa shape index (κ2) is 9.38. The molecule has 0 radical (unpaired) electrons. The number of nitrogens with one attached hydrogen (secondary N) is 2. The van der Waals surface area contributed by atoms with E-state index in [1.54, 1.807) is 91.8 Å². The zero-order valence-electron chi connectivity index (χ0n) is 19.9. The third kappa shape index (κ3) is 4.41. The number of pyridine rings is 1. The minimum atomic E-state index is -0.318. The van der Waals surface area contributed by atoms with Crippen molar-refractivity contribution in [3.05, 3.63) is 89.8 Å². The van der Waals surface area contributed by atoms with Gasteiger partial charge in [-0.1, -0.05) is 0 Å². The standard InChI is InChI=1S/C27H23N5O4/c1-16-24-21(15-22(23-5-4-14-36-23)30-25(24)32(2)31-16)27(34)29-18-8-6-17(7-9-18)26(33)28-19-10-12-20(35-3)13-11-19/h4-15H,1-3H3,(H,28,33)(H,29,34). The first-order chi connectivity index (χ1) is 17.4. The van der Waals surface area contributed by atoms with Gasteiger partial charge in [0.1, 0.15) is 11.4 Å². The number of methoxy groups -OCH3 is 1. The summed E-state index contributed by atoms with van der Waals surface area (Å²) in [5.41, 5.74) is 3.90. The fraction of sp³-hybridized carbons (Fsp3) is 0.111. The quantitative estimate of drug-likeness (QED) is 0.351. The Hall–Kier alpha value is -4.92. The molecular weight excluding hydrogens is 458 g/mol. The number of carbonyl (C=O) groups is 2. The summed E-state index contributed by atoms with van der Waals surface area (Å²) < 4.78 is 12.3. The van der Waals surface area contributed by atoms with Gasteiger partial charge in [0.25, 0.3) is 11.8 Å². The maximum Gasteiger partial charge on any atom is 0.256 e. The molecule has 9 heteroatoms. The summed E-state index contributed by atoms with van der Waals surface area (Å²) in [7, 11) is 3.37. The Labute approximate surface area is 206 Å². The number of anilines is 2. The number of amides is 2. The highest BCUT2D eigenvalue weighted by Crippen LogP contribution is 2.28. The molecule has 0 atom stereocenters. The fourth-order valence-corrected chi connectivity index (χ4v) is 3.96. The lowest BCUT2D eigenvalue weighted by Crippen LogP contribution is -2.14. The van der Waals surface area contributed by atoms with Gasteiger partial charge in [-0.25, -0.2) is 4.98 Å². The lowest BCUT2D eigenvalue weighted by atomic mass is 10.1. The van der Waals surface area contributed by atoms with Crippen molar-refractivity contribution in [2.75, 3.05) is 17.7 Å². The molecule has 3 heterocycles. The molecule has 0 bridgehead atoms. The van der Waals surface area contributed by atoms with Crippen molar-refractivity contribution in [1.29, 1.82) is 0 Å². The monoisotopic (exact) mass is 481 g/mol. The number of fused-ring (bicyclic) bond motifs is 1. The molecule has 2 N–H and O–H groups in total. The maximum atomic E-state index is 13.3. The SMILES string of the molecule is COc1ccc(NC(=O)c2ccc(NC(=O)c3cc(-c4ccco4)nc4c3c(C)nn4C)cc2)cc1. The van der Waals surface area contributed by atoms with Crippen molar-refractivity contribution in [3.8, 4) is 17.2 Å². The van der Waals surface area contributed by atoms with Crippen LogP contribution in [0.25, 0.3) is 22.5 Å².